The maximum absolute atomic E-state index is 13.2. The fourth-order valence-corrected chi connectivity index (χ4v) is 7.04. The lowest BCUT2D eigenvalue weighted by Crippen LogP contribution is -2.36. The maximum atomic E-state index is 13.2. The Labute approximate surface area is 331 Å². The topological polar surface area (TPSA) is 137 Å². The molecule has 2 atom stereocenters. The lowest BCUT2D eigenvalue weighted by Gasteiger charge is -2.36. The molecule has 0 bridgehead atoms. The molecule has 0 saturated carbocycles. The summed E-state index contributed by atoms with van der Waals surface area (Å²) in [5.74, 6) is -1.14. The number of phenols is 3. The van der Waals surface area contributed by atoms with Gasteiger partial charge in [-0.15, -0.1) is 0 Å². The lowest BCUT2D eigenvalue weighted by molar-refractivity contribution is 0.150. The summed E-state index contributed by atoms with van der Waals surface area (Å²) in [7, 11) is 0. The van der Waals surface area contributed by atoms with Crippen LogP contribution in [0.15, 0.2) is 94.7 Å². The molecule has 0 fully saturated rings. The highest BCUT2D eigenvalue weighted by molar-refractivity contribution is 5.87. The van der Waals surface area contributed by atoms with Crippen molar-refractivity contribution in [3.05, 3.63) is 141 Å². The fraction of sp³-hybridized carbons (Fsp3) is 0.375. The van der Waals surface area contributed by atoms with Gasteiger partial charge >= 0.3 is 0 Å². The number of aliphatic hydroxyl groups excluding tert-OH is 2. The van der Waals surface area contributed by atoms with Gasteiger partial charge in [-0.3, -0.25) is 4.79 Å². The minimum absolute atomic E-state index is 0.112. The van der Waals surface area contributed by atoms with Crippen LogP contribution < -0.4 is 10.2 Å². The summed E-state index contributed by atoms with van der Waals surface area (Å²) < 4.78 is 11.7. The van der Waals surface area contributed by atoms with Crippen LogP contribution in [0, 0.1) is 12.8 Å². The summed E-state index contributed by atoms with van der Waals surface area (Å²) in [6.45, 7) is 5.78. The molecular weight excluding hydrogens is 705 g/mol. The Hall–Kier alpha value is -5.34. The van der Waals surface area contributed by atoms with E-state index in [2.05, 4.69) is 13.8 Å². The Morgan fingerprint density at radius 1 is 0.768 bits per heavy atom. The van der Waals surface area contributed by atoms with Gasteiger partial charge in [-0.05, 0) is 72.4 Å². The normalized spacial score (nSPS) is 17.2. The lowest BCUT2D eigenvalue weighted by atomic mass is 9.72. The molecular formula is C48H57O8+. The van der Waals surface area contributed by atoms with Crippen LogP contribution in [0.25, 0.3) is 17.7 Å². The molecule has 5 rings (SSSR count). The first-order valence-corrected chi connectivity index (χ1v) is 20.2. The number of phenolic OH excluding ortho intramolecular Hbond substituents is 3. The number of unbranched alkanes of at least 4 members (excludes halogenated alkanes) is 10. The monoisotopic (exact) mass is 761 g/mol. The first-order valence-electron chi connectivity index (χ1n) is 20.2. The van der Waals surface area contributed by atoms with Crippen LogP contribution in [0.3, 0.4) is 0 Å². The van der Waals surface area contributed by atoms with Gasteiger partial charge in [-0.2, -0.15) is 0 Å². The van der Waals surface area contributed by atoms with E-state index in [0.717, 1.165) is 41.9 Å². The molecule has 8 heteroatoms. The van der Waals surface area contributed by atoms with Crippen LogP contribution in [-0.4, -0.2) is 44.9 Å². The molecule has 0 amide bonds. The van der Waals surface area contributed by atoms with Crippen molar-refractivity contribution in [3.8, 4) is 23.0 Å². The molecule has 2 unspecified atom stereocenters. The highest BCUT2D eigenvalue weighted by atomic mass is 16.5. The molecule has 0 heterocycles. The van der Waals surface area contributed by atoms with Crippen LogP contribution in [0.1, 0.15) is 125 Å². The smallest absolute Gasteiger partial charge is 0.198 e. The van der Waals surface area contributed by atoms with Gasteiger partial charge in [0.2, 0.25) is 0 Å². The summed E-state index contributed by atoms with van der Waals surface area (Å²) in [6, 6.07) is 13.2. The highest BCUT2D eigenvalue weighted by Crippen LogP contribution is 2.51. The number of aromatic hydroxyl groups is 3. The fourth-order valence-electron chi connectivity index (χ4n) is 7.04. The molecule has 8 nitrogen and oxygen atoms in total. The largest absolute Gasteiger partial charge is 0.511 e. The summed E-state index contributed by atoms with van der Waals surface area (Å²) in [5.41, 5.74) is 1.73. The zero-order valence-electron chi connectivity index (χ0n) is 32.8. The van der Waals surface area contributed by atoms with Crippen molar-refractivity contribution in [1.29, 1.82) is 0 Å². The summed E-state index contributed by atoms with van der Waals surface area (Å²) in [6.07, 6.45) is 27.6. The predicted molar refractivity (Wildman–Crippen MR) is 225 cm³/mol. The van der Waals surface area contributed by atoms with Gasteiger partial charge in [0.05, 0.1) is 47.5 Å². The van der Waals surface area contributed by atoms with E-state index in [9.17, 15) is 30.3 Å². The van der Waals surface area contributed by atoms with E-state index in [1.54, 1.807) is 12.5 Å². The first kappa shape index (κ1) is 41.8. The molecule has 2 aliphatic rings. The predicted octanol–water partition coefficient (Wildman–Crippen LogP) is 10.7. The third-order valence-corrected chi connectivity index (χ3v) is 10.3. The summed E-state index contributed by atoms with van der Waals surface area (Å²) in [5, 5.41) is 54.9. The van der Waals surface area contributed by atoms with Crippen molar-refractivity contribution in [2.75, 3.05) is 13.2 Å². The van der Waals surface area contributed by atoms with Crippen molar-refractivity contribution in [2.24, 2.45) is 0 Å². The van der Waals surface area contributed by atoms with Gasteiger partial charge in [-0.1, -0.05) is 102 Å². The van der Waals surface area contributed by atoms with Crippen LogP contribution in [0.4, 0.5) is 0 Å². The molecule has 296 valence electrons. The molecule has 56 heavy (non-hydrogen) atoms. The molecule has 5 N–H and O–H groups in total. The van der Waals surface area contributed by atoms with Gasteiger partial charge in [-0.25, -0.2) is 0 Å². The third-order valence-electron chi connectivity index (χ3n) is 10.3. The van der Waals surface area contributed by atoms with Crippen molar-refractivity contribution < 1.29 is 35.0 Å². The van der Waals surface area contributed by atoms with Gasteiger partial charge in [0.25, 0.3) is 0 Å². The molecule has 0 radical (unpaired) electrons. The molecule has 0 aliphatic heterocycles. The second-order valence-corrected chi connectivity index (χ2v) is 14.6. The van der Waals surface area contributed by atoms with Gasteiger partial charge < -0.3 is 35.0 Å². The van der Waals surface area contributed by atoms with E-state index in [0.29, 0.717) is 24.3 Å². The number of benzene rings is 3. The molecule has 3 aromatic rings. The molecule has 2 aliphatic carbocycles. The van der Waals surface area contributed by atoms with E-state index in [1.807, 2.05) is 61.1 Å². The second-order valence-electron chi connectivity index (χ2n) is 14.6. The Kier molecular flexibility index (Phi) is 15.8. The van der Waals surface area contributed by atoms with E-state index < -0.39 is 23.2 Å². The van der Waals surface area contributed by atoms with Crippen molar-refractivity contribution >= 4 is 17.7 Å². The second kappa shape index (κ2) is 21.1. The molecule has 0 saturated heterocycles. The van der Waals surface area contributed by atoms with Crippen molar-refractivity contribution in [1.82, 2.24) is 0 Å². The highest BCUT2D eigenvalue weighted by Gasteiger charge is 2.45. The van der Waals surface area contributed by atoms with Crippen LogP contribution in [0.5, 0.6) is 23.0 Å². The van der Waals surface area contributed by atoms with Crippen LogP contribution >= 0.6 is 0 Å². The first-order chi connectivity index (χ1) is 27.2. The number of hydrogen-bond donors (Lipinski definition) is 5. The number of hydrogen-bond acceptors (Lipinski definition) is 8. The summed E-state index contributed by atoms with van der Waals surface area (Å²) >= 11 is 0. The van der Waals surface area contributed by atoms with E-state index in [-0.39, 0.29) is 33.9 Å². The van der Waals surface area contributed by atoms with Gasteiger partial charge in [0.1, 0.15) is 35.4 Å². The van der Waals surface area contributed by atoms with Crippen LogP contribution in [-0.2, 0) is 4.74 Å². The van der Waals surface area contributed by atoms with E-state index >= 15 is 0 Å². The molecule has 0 spiro atoms. The van der Waals surface area contributed by atoms with E-state index in [4.69, 9.17) is 9.47 Å². The average Bonchev–Trinajstić information content (AvgIpc) is 3.19. The number of allylic oxidation sites excluding steroid dienone is 5. The van der Waals surface area contributed by atoms with Crippen LogP contribution in [0.2, 0.25) is 0 Å². The standard InChI is InChI=1S/C48H56O8/c1-3-5-7-9-11-13-27-55-37-23-19-33(20-24-37)15-17-35-29-39(49)43(40(50)30-35)45-47(53)46(48(45)54)44-41(51)31-36(32-42(44)52)18-16-34-21-25-38(26-22-34)56-28-14-12-10-8-6-4-2/h15-26,29-32,45,47,53H,3-14,27-28H2,1-2H3,(H3-,49,50,51,52,54)/p+1/b18-16+. The minimum atomic E-state index is -1.46. The Balaban J connectivity index is 1.16. The third kappa shape index (κ3) is 11.4. The SMILES string of the molecule is CCCCCCCCOC1=C[CH+]C(=C[CH+]c2cc(=O)c(C3C(O)=C(c4c(O)cc(/C=C/c5ccc(OCCCCCCCC)cc5)cc4O)C3O)c(O)[cH-]2)C=C1. The zero-order valence-corrected chi connectivity index (χ0v) is 32.8. The average molecular weight is 762 g/mol. The Bertz CT molecular complexity index is 1940. The zero-order chi connectivity index (χ0) is 39.9. The number of aliphatic hydroxyl groups is 2. The number of rotatable bonds is 22. The van der Waals surface area contributed by atoms with E-state index in [1.165, 1.54) is 82.1 Å². The maximum Gasteiger partial charge on any atom is 0.198 e. The summed E-state index contributed by atoms with van der Waals surface area (Å²) in [4.78, 5) is 13.2. The van der Waals surface area contributed by atoms with Crippen molar-refractivity contribution in [2.45, 2.75) is 103 Å². The number of ether oxygens (including phenoxy) is 2. The quantitative estimate of drug-likeness (QED) is 0.0388. The van der Waals surface area contributed by atoms with Gasteiger partial charge in [0.15, 0.2) is 11.2 Å². The molecule has 3 aromatic carbocycles. The Morgan fingerprint density at radius 3 is 1.96 bits per heavy atom. The molecule has 0 aromatic heterocycles. The minimum Gasteiger partial charge on any atom is -0.511 e. The van der Waals surface area contributed by atoms with Crippen molar-refractivity contribution in [3.63, 3.8) is 0 Å². The van der Waals surface area contributed by atoms with Gasteiger partial charge in [0, 0.05) is 24.1 Å². The Morgan fingerprint density at radius 2 is 1.38 bits per heavy atom.